The minimum Gasteiger partial charge on any atom is -0.280 e. The van der Waals surface area contributed by atoms with Gasteiger partial charge in [0.05, 0.1) is 11.0 Å². The number of pyridine rings is 3. The molecule has 4 aromatic heterocycles. The van der Waals surface area contributed by atoms with Gasteiger partial charge in [0.2, 0.25) is 5.95 Å². The van der Waals surface area contributed by atoms with Gasteiger partial charge in [-0.25, -0.2) is 15.0 Å². The third-order valence-electron chi connectivity index (χ3n) is 5.74. The van der Waals surface area contributed by atoms with Crippen molar-refractivity contribution in [1.82, 2.24) is 24.5 Å². The fourth-order valence-electron chi connectivity index (χ4n) is 4.27. The first-order valence-corrected chi connectivity index (χ1v) is 10.9. The quantitative estimate of drug-likeness (QED) is 0.228. The van der Waals surface area contributed by atoms with Gasteiger partial charge in [-0.15, -0.1) is 0 Å². The van der Waals surface area contributed by atoms with Gasteiger partial charge in [0.1, 0.15) is 18.1 Å². The molecule has 0 bridgehead atoms. The fraction of sp³-hybridized carbons (Fsp3) is 0.154. The van der Waals surface area contributed by atoms with Crippen LogP contribution >= 0.6 is 0 Å². The Kier molecular flexibility index (Phi) is 5.98. The van der Waals surface area contributed by atoms with Crippen LogP contribution in [0.25, 0.3) is 16.9 Å². The Morgan fingerprint density at radius 3 is 2.40 bits per heavy atom. The van der Waals surface area contributed by atoms with Crippen LogP contribution in [-0.4, -0.2) is 30.7 Å². The number of hydrogen-bond donors (Lipinski definition) is 0. The van der Waals surface area contributed by atoms with E-state index >= 15 is 0 Å². The SMILES string of the molecule is Fc1ncccc1C(Cc1cccnc1-n1c(CC(F)(F)F)nc2ccccc21)c1cccnc1. The van der Waals surface area contributed by atoms with Crippen LogP contribution in [0.15, 0.2) is 85.5 Å². The number of halogens is 4. The molecule has 1 atom stereocenters. The summed E-state index contributed by atoms with van der Waals surface area (Å²) >= 11 is 0. The van der Waals surface area contributed by atoms with Crippen molar-refractivity contribution in [3.8, 4) is 5.82 Å². The summed E-state index contributed by atoms with van der Waals surface area (Å²) in [5.74, 6) is -0.943. The number of rotatable bonds is 6. The summed E-state index contributed by atoms with van der Waals surface area (Å²) < 4.78 is 56.5. The van der Waals surface area contributed by atoms with Gasteiger partial charge in [-0.1, -0.05) is 30.3 Å². The van der Waals surface area contributed by atoms with Crippen molar-refractivity contribution in [3.63, 3.8) is 0 Å². The molecule has 0 amide bonds. The monoisotopic (exact) mass is 477 g/mol. The van der Waals surface area contributed by atoms with Gasteiger partial charge in [0.25, 0.3) is 0 Å². The van der Waals surface area contributed by atoms with E-state index < -0.39 is 24.5 Å². The molecule has 4 heterocycles. The average molecular weight is 477 g/mol. The number of benzene rings is 1. The van der Waals surface area contributed by atoms with E-state index in [4.69, 9.17) is 0 Å². The smallest absolute Gasteiger partial charge is 0.280 e. The second-order valence-electron chi connectivity index (χ2n) is 8.06. The molecule has 0 radical (unpaired) electrons. The van der Waals surface area contributed by atoms with E-state index in [1.54, 1.807) is 67.0 Å². The molecule has 0 aliphatic rings. The lowest BCUT2D eigenvalue weighted by molar-refractivity contribution is -0.128. The van der Waals surface area contributed by atoms with Crippen molar-refractivity contribution in [2.45, 2.75) is 24.9 Å². The second-order valence-corrected chi connectivity index (χ2v) is 8.06. The zero-order valence-corrected chi connectivity index (χ0v) is 18.3. The summed E-state index contributed by atoms with van der Waals surface area (Å²) in [5, 5.41) is 0. The van der Waals surface area contributed by atoms with E-state index in [2.05, 4.69) is 19.9 Å². The van der Waals surface area contributed by atoms with Gasteiger partial charge >= 0.3 is 6.18 Å². The van der Waals surface area contributed by atoms with Crippen LogP contribution in [0.1, 0.15) is 28.4 Å². The second kappa shape index (κ2) is 9.25. The van der Waals surface area contributed by atoms with Gasteiger partial charge < -0.3 is 0 Å². The highest BCUT2D eigenvalue weighted by molar-refractivity contribution is 5.78. The summed E-state index contributed by atoms with van der Waals surface area (Å²) in [6.45, 7) is 0. The highest BCUT2D eigenvalue weighted by Gasteiger charge is 2.32. The minimum atomic E-state index is -4.45. The molecule has 0 aliphatic heterocycles. The number of alkyl halides is 3. The maximum atomic E-state index is 14.8. The fourth-order valence-corrected chi connectivity index (χ4v) is 4.27. The van der Waals surface area contributed by atoms with E-state index in [9.17, 15) is 17.6 Å². The maximum absolute atomic E-state index is 14.8. The Morgan fingerprint density at radius 2 is 1.63 bits per heavy atom. The van der Waals surface area contributed by atoms with Gasteiger partial charge in [-0.2, -0.15) is 17.6 Å². The molecule has 5 nitrogen and oxygen atoms in total. The lowest BCUT2D eigenvalue weighted by Gasteiger charge is -2.20. The van der Waals surface area contributed by atoms with Crippen LogP contribution in [0.3, 0.4) is 0 Å². The highest BCUT2D eigenvalue weighted by atomic mass is 19.4. The standard InChI is InChI=1S/C26H19F4N5/c27-24-19(8-5-12-32-24)20(18-7-3-11-31-16-18)14-17-6-4-13-33-25(17)35-22-10-2-1-9-21(22)34-23(35)15-26(28,29)30/h1-13,16,20H,14-15H2. The molecule has 35 heavy (non-hydrogen) atoms. The van der Waals surface area contributed by atoms with Crippen LogP contribution in [0.5, 0.6) is 0 Å². The van der Waals surface area contributed by atoms with Gasteiger partial charge in [-0.3, -0.25) is 9.55 Å². The Labute approximate surface area is 198 Å². The van der Waals surface area contributed by atoms with Crippen LogP contribution in [-0.2, 0) is 12.8 Å². The third-order valence-corrected chi connectivity index (χ3v) is 5.74. The Bertz CT molecular complexity index is 1460. The number of fused-ring (bicyclic) bond motifs is 1. The van der Waals surface area contributed by atoms with E-state index in [0.29, 0.717) is 28.0 Å². The largest absolute Gasteiger partial charge is 0.396 e. The van der Waals surface area contributed by atoms with Crippen molar-refractivity contribution >= 4 is 11.0 Å². The van der Waals surface area contributed by atoms with E-state index in [-0.39, 0.29) is 12.2 Å². The van der Waals surface area contributed by atoms with Crippen molar-refractivity contribution in [2.24, 2.45) is 0 Å². The Morgan fingerprint density at radius 1 is 0.857 bits per heavy atom. The van der Waals surface area contributed by atoms with Crippen molar-refractivity contribution in [2.75, 3.05) is 0 Å². The first-order valence-electron chi connectivity index (χ1n) is 10.9. The molecule has 0 saturated heterocycles. The minimum absolute atomic E-state index is 0.163. The molecule has 0 fully saturated rings. The molecule has 0 spiro atoms. The molecule has 5 aromatic rings. The Hall–Kier alpha value is -4.14. The molecule has 0 N–H and O–H groups in total. The average Bonchev–Trinajstić information content (AvgIpc) is 3.20. The predicted molar refractivity (Wildman–Crippen MR) is 123 cm³/mol. The van der Waals surface area contributed by atoms with Crippen molar-refractivity contribution in [1.29, 1.82) is 0 Å². The normalized spacial score (nSPS) is 12.7. The predicted octanol–water partition coefficient (Wildman–Crippen LogP) is 5.83. The summed E-state index contributed by atoms with van der Waals surface area (Å²) in [5.41, 5.74) is 2.69. The van der Waals surface area contributed by atoms with E-state index in [1.165, 1.54) is 17.0 Å². The number of aromatic nitrogens is 5. The molecule has 5 rings (SSSR count). The zero-order valence-electron chi connectivity index (χ0n) is 18.3. The highest BCUT2D eigenvalue weighted by Crippen LogP contribution is 2.33. The van der Waals surface area contributed by atoms with Crippen LogP contribution in [0, 0.1) is 5.95 Å². The third kappa shape index (κ3) is 4.75. The van der Waals surface area contributed by atoms with Crippen molar-refractivity contribution in [3.05, 3.63) is 114 Å². The van der Waals surface area contributed by atoms with Crippen LogP contribution in [0.4, 0.5) is 17.6 Å². The molecule has 176 valence electrons. The van der Waals surface area contributed by atoms with Gasteiger partial charge in [0.15, 0.2) is 0 Å². The molecular formula is C26H19F4N5. The molecule has 1 unspecified atom stereocenters. The summed E-state index contributed by atoms with van der Waals surface area (Å²) in [6, 6.07) is 17.2. The lowest BCUT2D eigenvalue weighted by Crippen LogP contribution is -2.17. The summed E-state index contributed by atoms with van der Waals surface area (Å²) in [6.07, 6.45) is 0.761. The van der Waals surface area contributed by atoms with Crippen LogP contribution < -0.4 is 0 Å². The molecule has 0 aliphatic carbocycles. The van der Waals surface area contributed by atoms with Gasteiger partial charge in [0, 0.05) is 36.3 Å². The number of para-hydroxylation sites is 2. The van der Waals surface area contributed by atoms with E-state index in [0.717, 1.165) is 5.56 Å². The first-order chi connectivity index (χ1) is 16.9. The molecule has 1 aromatic carbocycles. The Balaban J connectivity index is 1.67. The molecule has 9 heteroatoms. The lowest BCUT2D eigenvalue weighted by atomic mass is 9.87. The maximum Gasteiger partial charge on any atom is 0.396 e. The van der Waals surface area contributed by atoms with E-state index in [1.807, 2.05) is 6.07 Å². The topological polar surface area (TPSA) is 56.5 Å². The number of nitrogens with zero attached hydrogens (tertiary/aromatic N) is 5. The molecular weight excluding hydrogens is 458 g/mol. The van der Waals surface area contributed by atoms with Crippen molar-refractivity contribution < 1.29 is 17.6 Å². The first kappa shape index (κ1) is 22.6. The molecule has 0 saturated carbocycles. The number of imidazole rings is 1. The summed E-state index contributed by atoms with van der Waals surface area (Å²) in [4.78, 5) is 16.7. The summed E-state index contributed by atoms with van der Waals surface area (Å²) in [7, 11) is 0. The van der Waals surface area contributed by atoms with Crippen LogP contribution in [0.2, 0.25) is 0 Å². The zero-order chi connectivity index (χ0) is 24.4. The van der Waals surface area contributed by atoms with Gasteiger partial charge in [-0.05, 0) is 47.9 Å². The number of hydrogen-bond acceptors (Lipinski definition) is 4.